The summed E-state index contributed by atoms with van der Waals surface area (Å²) in [7, 11) is 1.51. The fraction of sp³-hybridized carbons (Fsp3) is 0.500. The van der Waals surface area contributed by atoms with Crippen LogP contribution in [0.4, 0.5) is 11.5 Å². The predicted molar refractivity (Wildman–Crippen MR) is 66.9 cm³/mol. The Bertz CT molecular complexity index is 410. The number of aromatic nitrogens is 1. The summed E-state index contributed by atoms with van der Waals surface area (Å²) in [4.78, 5) is 14.2. The predicted octanol–water partition coefficient (Wildman–Crippen LogP) is 1.45. The molecular weight excluding hydrogens is 262 g/mol. The third-order valence-electron chi connectivity index (χ3n) is 2.22. The molecule has 0 aromatic carbocycles. The number of nitro groups is 1. The van der Waals surface area contributed by atoms with Crippen LogP contribution in [0.1, 0.15) is 6.42 Å². The quantitative estimate of drug-likeness (QED) is 0.577. The highest BCUT2D eigenvalue weighted by Crippen LogP contribution is 2.25. The average molecular weight is 276 g/mol. The molecule has 0 fully saturated rings. The van der Waals surface area contributed by atoms with E-state index < -0.39 is 4.92 Å². The van der Waals surface area contributed by atoms with Crippen molar-refractivity contribution in [3.05, 3.63) is 27.4 Å². The minimum atomic E-state index is -0.565. The van der Waals surface area contributed by atoms with Gasteiger partial charge in [0.25, 0.3) is 0 Å². The van der Waals surface area contributed by atoms with E-state index in [1.807, 2.05) is 0 Å². The van der Waals surface area contributed by atoms with Gasteiger partial charge in [0.15, 0.2) is 0 Å². The molecule has 2 N–H and O–H groups in total. The molecule has 0 amide bonds. The summed E-state index contributed by atoms with van der Waals surface area (Å²) in [6.07, 6.45) is 1.72. The Hall–Kier alpha value is -1.44. The molecule has 0 spiro atoms. The van der Waals surface area contributed by atoms with E-state index >= 15 is 0 Å². The summed E-state index contributed by atoms with van der Waals surface area (Å²) in [6, 6.07) is 0.965. The van der Waals surface area contributed by atoms with E-state index in [1.54, 1.807) is 0 Å². The molecule has 1 atom stereocenters. The number of pyridine rings is 1. The number of anilines is 1. The van der Waals surface area contributed by atoms with E-state index in [0.29, 0.717) is 13.0 Å². The Kier molecular flexibility index (Phi) is 5.76. The molecule has 0 aliphatic carbocycles. The van der Waals surface area contributed by atoms with Crippen molar-refractivity contribution in [2.75, 3.05) is 25.6 Å². The monoisotopic (exact) mass is 275 g/mol. The maximum absolute atomic E-state index is 10.9. The van der Waals surface area contributed by atoms with E-state index in [-0.39, 0.29) is 29.2 Å². The van der Waals surface area contributed by atoms with Crippen LogP contribution in [0.25, 0.3) is 0 Å². The van der Waals surface area contributed by atoms with Gasteiger partial charge >= 0.3 is 5.69 Å². The molecule has 1 aromatic rings. The second-order valence-corrected chi connectivity index (χ2v) is 4.02. The van der Waals surface area contributed by atoms with Gasteiger partial charge < -0.3 is 15.2 Å². The zero-order chi connectivity index (χ0) is 13.5. The molecule has 1 rings (SSSR count). The van der Waals surface area contributed by atoms with Crippen molar-refractivity contribution >= 4 is 23.1 Å². The number of halogens is 1. The van der Waals surface area contributed by atoms with E-state index in [4.69, 9.17) is 21.4 Å². The van der Waals surface area contributed by atoms with Crippen molar-refractivity contribution in [3.8, 4) is 0 Å². The Labute approximate surface area is 109 Å². The zero-order valence-corrected chi connectivity index (χ0v) is 10.6. The fourth-order valence-corrected chi connectivity index (χ4v) is 1.58. The highest BCUT2D eigenvalue weighted by molar-refractivity contribution is 6.30. The number of methoxy groups -OCH3 is 1. The van der Waals surface area contributed by atoms with Crippen LogP contribution in [0.5, 0.6) is 0 Å². The van der Waals surface area contributed by atoms with Gasteiger partial charge in [0.1, 0.15) is 0 Å². The van der Waals surface area contributed by atoms with Gasteiger partial charge in [-0.2, -0.15) is 0 Å². The molecule has 1 unspecified atom stereocenters. The number of hydrogen-bond donors (Lipinski definition) is 2. The largest absolute Gasteiger partial charge is 0.396 e. The van der Waals surface area contributed by atoms with E-state index in [2.05, 4.69) is 10.3 Å². The molecule has 1 heterocycles. The highest BCUT2D eigenvalue weighted by Gasteiger charge is 2.19. The van der Waals surface area contributed by atoms with Crippen molar-refractivity contribution in [2.24, 2.45) is 0 Å². The summed E-state index contributed by atoms with van der Waals surface area (Å²) in [6.45, 7) is 0.254. The number of nitrogens with one attached hydrogen (secondary N) is 1. The summed E-state index contributed by atoms with van der Waals surface area (Å²) in [5.41, 5.74) is -0.207. The first-order chi connectivity index (χ1) is 8.58. The molecule has 7 nitrogen and oxygen atoms in total. The van der Waals surface area contributed by atoms with Crippen LogP contribution in [0, 0.1) is 10.1 Å². The first-order valence-corrected chi connectivity index (χ1v) is 5.62. The molecule has 100 valence electrons. The van der Waals surface area contributed by atoms with Crippen molar-refractivity contribution in [2.45, 2.75) is 12.5 Å². The van der Waals surface area contributed by atoms with Crippen LogP contribution in [0.2, 0.25) is 5.02 Å². The lowest BCUT2D eigenvalue weighted by molar-refractivity contribution is -0.384. The summed E-state index contributed by atoms with van der Waals surface area (Å²) in [5.74, 6) is 0.111. The molecule has 18 heavy (non-hydrogen) atoms. The van der Waals surface area contributed by atoms with Gasteiger partial charge in [-0.1, -0.05) is 11.6 Å². The Morgan fingerprint density at radius 3 is 3.00 bits per heavy atom. The maximum atomic E-state index is 10.9. The Balaban J connectivity index is 2.90. The average Bonchev–Trinajstić information content (AvgIpc) is 2.32. The molecule has 0 saturated heterocycles. The number of rotatable bonds is 7. The first kappa shape index (κ1) is 14.6. The lowest BCUT2D eigenvalue weighted by Gasteiger charge is -2.17. The SMILES string of the molecule is COCC(CCO)Nc1ncc(Cl)cc1[N+](=O)[O-]. The van der Waals surface area contributed by atoms with E-state index in [9.17, 15) is 10.1 Å². The molecular formula is C10H14ClN3O4. The Morgan fingerprint density at radius 2 is 2.44 bits per heavy atom. The molecule has 0 radical (unpaired) electrons. The topological polar surface area (TPSA) is 97.5 Å². The number of aliphatic hydroxyl groups excluding tert-OH is 1. The minimum absolute atomic E-state index is 0.0532. The van der Waals surface area contributed by atoms with Gasteiger partial charge in [0.2, 0.25) is 5.82 Å². The second-order valence-electron chi connectivity index (χ2n) is 3.59. The van der Waals surface area contributed by atoms with Crippen molar-refractivity contribution in [1.29, 1.82) is 0 Å². The summed E-state index contributed by atoms with van der Waals surface area (Å²) < 4.78 is 4.96. The lowest BCUT2D eigenvalue weighted by Crippen LogP contribution is -2.27. The van der Waals surface area contributed by atoms with E-state index in [0.717, 1.165) is 0 Å². The van der Waals surface area contributed by atoms with Crippen molar-refractivity contribution < 1.29 is 14.8 Å². The van der Waals surface area contributed by atoms with Crippen LogP contribution in [0.3, 0.4) is 0 Å². The number of nitrogens with zero attached hydrogens (tertiary/aromatic N) is 2. The zero-order valence-electron chi connectivity index (χ0n) is 9.80. The van der Waals surface area contributed by atoms with Gasteiger partial charge in [0, 0.05) is 26.0 Å². The highest BCUT2D eigenvalue weighted by atomic mass is 35.5. The van der Waals surface area contributed by atoms with Crippen molar-refractivity contribution in [3.63, 3.8) is 0 Å². The normalized spacial score (nSPS) is 12.2. The second kappa shape index (κ2) is 7.10. The van der Waals surface area contributed by atoms with Gasteiger partial charge in [-0.25, -0.2) is 4.98 Å². The van der Waals surface area contributed by atoms with Crippen molar-refractivity contribution in [1.82, 2.24) is 4.98 Å². The van der Waals surface area contributed by atoms with Crippen LogP contribution in [0.15, 0.2) is 12.3 Å². The van der Waals surface area contributed by atoms with Gasteiger partial charge in [0.05, 0.1) is 22.6 Å². The maximum Gasteiger partial charge on any atom is 0.312 e. The molecule has 0 bridgehead atoms. The summed E-state index contributed by atoms with van der Waals surface area (Å²) >= 11 is 5.66. The van der Waals surface area contributed by atoms with Gasteiger partial charge in [-0.05, 0) is 6.42 Å². The van der Waals surface area contributed by atoms with Crippen LogP contribution in [-0.4, -0.2) is 41.4 Å². The molecule has 0 aliphatic heterocycles. The number of hydrogen-bond acceptors (Lipinski definition) is 6. The molecule has 0 aliphatic rings. The molecule has 8 heteroatoms. The van der Waals surface area contributed by atoms with Crippen LogP contribution < -0.4 is 5.32 Å². The third-order valence-corrected chi connectivity index (χ3v) is 2.42. The number of ether oxygens (including phenoxy) is 1. The fourth-order valence-electron chi connectivity index (χ4n) is 1.43. The standard InChI is InChI=1S/C10H14ClN3O4/c1-18-6-8(2-3-15)13-10-9(14(16)17)4-7(11)5-12-10/h4-5,8,15H,2-3,6H2,1H3,(H,12,13). The minimum Gasteiger partial charge on any atom is -0.396 e. The van der Waals surface area contributed by atoms with Gasteiger partial charge in [-0.3, -0.25) is 10.1 Å². The Morgan fingerprint density at radius 1 is 1.72 bits per heavy atom. The smallest absolute Gasteiger partial charge is 0.312 e. The molecule has 0 saturated carbocycles. The van der Waals surface area contributed by atoms with Crippen LogP contribution in [-0.2, 0) is 4.74 Å². The van der Waals surface area contributed by atoms with E-state index in [1.165, 1.54) is 19.4 Å². The summed E-state index contributed by atoms with van der Waals surface area (Å²) in [5, 5.41) is 22.8. The first-order valence-electron chi connectivity index (χ1n) is 5.24. The van der Waals surface area contributed by atoms with Gasteiger partial charge in [-0.15, -0.1) is 0 Å². The molecule has 1 aromatic heterocycles. The lowest BCUT2D eigenvalue weighted by atomic mass is 10.2. The third kappa shape index (κ3) is 4.10. The number of aliphatic hydroxyl groups is 1. The van der Waals surface area contributed by atoms with Crippen LogP contribution >= 0.6 is 11.6 Å².